The molecule has 126 valence electrons. The highest BCUT2D eigenvalue weighted by Gasteiger charge is 2.42. The first kappa shape index (κ1) is 15.8. The van der Waals surface area contributed by atoms with Gasteiger partial charge in [0.05, 0.1) is 6.61 Å². The van der Waals surface area contributed by atoms with E-state index in [2.05, 4.69) is 11.4 Å². The van der Waals surface area contributed by atoms with Gasteiger partial charge in [0.25, 0.3) is 5.91 Å². The van der Waals surface area contributed by atoms with E-state index < -0.39 is 0 Å². The minimum Gasteiger partial charge on any atom is -0.369 e. The van der Waals surface area contributed by atoms with Gasteiger partial charge < -0.3 is 9.64 Å². The van der Waals surface area contributed by atoms with Crippen LogP contribution < -0.4 is 0 Å². The largest absolute Gasteiger partial charge is 0.369 e. The summed E-state index contributed by atoms with van der Waals surface area (Å²) in [6.07, 6.45) is 2.64. The maximum atomic E-state index is 13.4. The van der Waals surface area contributed by atoms with Crippen molar-refractivity contribution in [2.24, 2.45) is 0 Å². The molecule has 3 heterocycles. The number of hydrogen-bond acceptors (Lipinski definition) is 3. The summed E-state index contributed by atoms with van der Waals surface area (Å²) in [5, 5.41) is 2.14. The molecule has 2 aliphatic heterocycles. The highest BCUT2D eigenvalue weighted by molar-refractivity contribution is 7.10. The average molecular weight is 345 g/mol. The molecule has 3 nitrogen and oxygen atoms in total. The fourth-order valence-electron chi connectivity index (χ4n) is 3.76. The van der Waals surface area contributed by atoms with Gasteiger partial charge in [-0.25, -0.2) is 4.39 Å². The van der Waals surface area contributed by atoms with E-state index in [4.69, 9.17) is 4.74 Å². The number of ether oxygens (including phenoxy) is 1. The summed E-state index contributed by atoms with van der Waals surface area (Å²) in [6, 6.07) is 6.78. The molecule has 1 aromatic carbocycles. The summed E-state index contributed by atoms with van der Waals surface area (Å²) in [5.74, 6) is -0.292. The Balaban J connectivity index is 1.51. The number of nitrogens with zero attached hydrogens (tertiary/aromatic N) is 1. The third-order valence-corrected chi connectivity index (χ3v) is 6.32. The molecule has 4 rings (SSSR count). The molecule has 5 heteroatoms. The lowest BCUT2D eigenvalue weighted by Crippen LogP contribution is -2.47. The zero-order valence-electron chi connectivity index (χ0n) is 13.7. The van der Waals surface area contributed by atoms with Gasteiger partial charge >= 0.3 is 0 Å². The molecule has 2 aliphatic rings. The number of carbonyl (C=O) groups excluding carboxylic acids is 1. The zero-order chi connectivity index (χ0) is 16.7. The lowest BCUT2D eigenvalue weighted by atomic mass is 9.85. The molecule has 1 spiro atoms. The number of aryl methyl sites for hydroxylation is 1. The van der Waals surface area contributed by atoms with Crippen LogP contribution in [-0.4, -0.2) is 30.5 Å². The van der Waals surface area contributed by atoms with E-state index in [0.717, 1.165) is 25.9 Å². The van der Waals surface area contributed by atoms with Crippen LogP contribution in [0.3, 0.4) is 0 Å². The normalized spacial score (nSPS) is 19.3. The van der Waals surface area contributed by atoms with Crippen molar-refractivity contribution in [3.05, 3.63) is 57.0 Å². The van der Waals surface area contributed by atoms with Gasteiger partial charge in [-0.2, -0.15) is 0 Å². The molecule has 1 aromatic heterocycles. The minimum atomic E-state index is -0.273. The van der Waals surface area contributed by atoms with E-state index in [1.807, 2.05) is 4.90 Å². The summed E-state index contributed by atoms with van der Waals surface area (Å²) < 4.78 is 19.6. The Morgan fingerprint density at radius 3 is 2.83 bits per heavy atom. The number of halogens is 1. The summed E-state index contributed by atoms with van der Waals surface area (Å²) in [4.78, 5) is 15.9. The van der Waals surface area contributed by atoms with Crippen LogP contribution in [0.1, 0.15) is 39.2 Å². The number of amides is 1. The third kappa shape index (κ3) is 2.56. The molecule has 0 N–H and O–H groups in total. The molecule has 24 heavy (non-hydrogen) atoms. The maximum absolute atomic E-state index is 13.4. The number of carbonyl (C=O) groups is 1. The number of thiophene rings is 1. The monoisotopic (exact) mass is 345 g/mol. The van der Waals surface area contributed by atoms with E-state index in [1.165, 1.54) is 16.5 Å². The molecule has 1 amide bonds. The first-order valence-electron chi connectivity index (χ1n) is 8.35. The van der Waals surface area contributed by atoms with Crippen LogP contribution in [-0.2, 0) is 16.8 Å². The summed E-state index contributed by atoms with van der Waals surface area (Å²) >= 11 is 1.77. The topological polar surface area (TPSA) is 29.5 Å². The number of fused-ring (bicyclic) bond motifs is 2. The van der Waals surface area contributed by atoms with Crippen molar-refractivity contribution in [1.82, 2.24) is 4.90 Å². The van der Waals surface area contributed by atoms with Gasteiger partial charge in [-0.1, -0.05) is 0 Å². The number of rotatable bonds is 1. The van der Waals surface area contributed by atoms with Gasteiger partial charge in [-0.15, -0.1) is 11.3 Å². The Morgan fingerprint density at radius 2 is 2.08 bits per heavy atom. The van der Waals surface area contributed by atoms with E-state index in [1.54, 1.807) is 30.4 Å². The summed E-state index contributed by atoms with van der Waals surface area (Å²) in [5.41, 5.74) is 2.26. The predicted octanol–water partition coefficient (Wildman–Crippen LogP) is 3.90. The molecule has 1 fully saturated rings. The Hall–Kier alpha value is -1.72. The summed E-state index contributed by atoms with van der Waals surface area (Å²) in [7, 11) is 0. The number of hydrogen-bond donors (Lipinski definition) is 0. The van der Waals surface area contributed by atoms with Crippen molar-refractivity contribution in [3.63, 3.8) is 0 Å². The van der Waals surface area contributed by atoms with Gasteiger partial charge in [0, 0.05) is 23.5 Å². The SMILES string of the molecule is Cc1cc(C(=O)N2CCC3(CC2)OCCc2ccsc23)ccc1F. The first-order chi connectivity index (χ1) is 11.6. The molecule has 0 radical (unpaired) electrons. The Bertz CT molecular complexity index is 777. The zero-order valence-corrected chi connectivity index (χ0v) is 14.5. The Kier molecular flexibility index (Phi) is 3.93. The fraction of sp³-hybridized carbons (Fsp3) is 0.421. The lowest BCUT2D eigenvalue weighted by molar-refractivity contribution is -0.0906. The second-order valence-electron chi connectivity index (χ2n) is 6.62. The van der Waals surface area contributed by atoms with Gasteiger partial charge in [-0.3, -0.25) is 4.79 Å². The predicted molar refractivity (Wildman–Crippen MR) is 91.9 cm³/mol. The molecule has 2 aromatic rings. The smallest absolute Gasteiger partial charge is 0.253 e. The molecule has 0 atom stereocenters. The first-order valence-corrected chi connectivity index (χ1v) is 9.23. The molecular weight excluding hydrogens is 325 g/mol. The summed E-state index contributed by atoms with van der Waals surface area (Å²) in [6.45, 7) is 3.79. The lowest BCUT2D eigenvalue weighted by Gasteiger charge is -2.43. The van der Waals surface area contributed by atoms with Crippen LogP contribution in [0.15, 0.2) is 29.6 Å². The van der Waals surface area contributed by atoms with Crippen molar-refractivity contribution in [3.8, 4) is 0 Å². The molecule has 0 saturated carbocycles. The second kappa shape index (κ2) is 5.97. The number of piperidine rings is 1. The molecule has 0 unspecified atom stereocenters. The number of benzene rings is 1. The highest BCUT2D eigenvalue weighted by atomic mass is 32.1. The van der Waals surface area contributed by atoms with Crippen LogP contribution in [0.25, 0.3) is 0 Å². The molecule has 0 aliphatic carbocycles. The van der Waals surface area contributed by atoms with Crippen LogP contribution >= 0.6 is 11.3 Å². The average Bonchev–Trinajstić information content (AvgIpc) is 3.08. The fourth-order valence-corrected chi connectivity index (χ4v) is 4.92. The Morgan fingerprint density at radius 1 is 1.29 bits per heavy atom. The van der Waals surface area contributed by atoms with E-state index in [9.17, 15) is 9.18 Å². The van der Waals surface area contributed by atoms with Crippen LogP contribution in [0, 0.1) is 12.7 Å². The quantitative estimate of drug-likeness (QED) is 0.784. The van der Waals surface area contributed by atoms with E-state index in [-0.39, 0.29) is 17.3 Å². The minimum absolute atomic E-state index is 0.0184. The van der Waals surface area contributed by atoms with Crippen LogP contribution in [0.5, 0.6) is 0 Å². The van der Waals surface area contributed by atoms with Crippen molar-refractivity contribution in [1.29, 1.82) is 0 Å². The highest BCUT2D eigenvalue weighted by Crippen LogP contribution is 2.44. The second-order valence-corrected chi connectivity index (χ2v) is 7.54. The van der Waals surface area contributed by atoms with Crippen molar-refractivity contribution >= 4 is 17.2 Å². The van der Waals surface area contributed by atoms with Gasteiger partial charge in [-0.05, 0) is 67.0 Å². The molecular formula is C19H20FNO2S. The van der Waals surface area contributed by atoms with Gasteiger partial charge in [0.1, 0.15) is 11.4 Å². The Labute approximate surface area is 145 Å². The van der Waals surface area contributed by atoms with Gasteiger partial charge in [0.2, 0.25) is 0 Å². The van der Waals surface area contributed by atoms with E-state index >= 15 is 0 Å². The standard InChI is InChI=1S/C19H20FNO2S/c1-13-12-15(2-3-16(13)20)18(22)21-8-6-19(7-9-21)17-14(4-10-23-19)5-11-24-17/h2-3,5,11-12H,4,6-10H2,1H3. The van der Waals surface area contributed by atoms with Gasteiger partial charge in [0.15, 0.2) is 0 Å². The third-order valence-electron chi connectivity index (χ3n) is 5.17. The van der Waals surface area contributed by atoms with Crippen molar-refractivity contribution < 1.29 is 13.9 Å². The maximum Gasteiger partial charge on any atom is 0.253 e. The van der Waals surface area contributed by atoms with Crippen molar-refractivity contribution in [2.75, 3.05) is 19.7 Å². The molecule has 1 saturated heterocycles. The van der Waals surface area contributed by atoms with Crippen LogP contribution in [0.2, 0.25) is 0 Å². The van der Waals surface area contributed by atoms with Crippen LogP contribution in [0.4, 0.5) is 4.39 Å². The molecule has 0 bridgehead atoms. The van der Waals surface area contributed by atoms with Crippen molar-refractivity contribution in [2.45, 2.75) is 31.8 Å². The van der Waals surface area contributed by atoms with E-state index in [0.29, 0.717) is 24.2 Å². The number of likely N-dealkylation sites (tertiary alicyclic amines) is 1.